The Morgan fingerprint density at radius 3 is 2.47 bits per heavy atom. The Morgan fingerprint density at radius 1 is 1.47 bits per heavy atom. The Morgan fingerprint density at radius 2 is 2.07 bits per heavy atom. The standard InChI is InChI=1S/C11H19NO3/c1-4-5-6-7-10(8-12(14)15)11(2,3)9-13/h6-7,9-10H,4-5,8H2,1-3H3/b7-6+. The molecule has 0 aliphatic heterocycles. The van der Waals surface area contributed by atoms with E-state index in [1.54, 1.807) is 19.9 Å². The minimum absolute atomic E-state index is 0.189. The molecule has 0 saturated heterocycles. The summed E-state index contributed by atoms with van der Waals surface area (Å²) in [6.45, 7) is 5.30. The molecule has 0 aromatic rings. The van der Waals surface area contributed by atoms with Crippen molar-refractivity contribution in [2.24, 2.45) is 11.3 Å². The van der Waals surface area contributed by atoms with Gasteiger partial charge in [-0.2, -0.15) is 0 Å². The maximum atomic E-state index is 10.8. The molecule has 0 fully saturated rings. The first-order valence-electron chi connectivity index (χ1n) is 5.18. The molecule has 0 saturated carbocycles. The average molecular weight is 213 g/mol. The van der Waals surface area contributed by atoms with Crippen molar-refractivity contribution >= 4 is 6.29 Å². The Kier molecular flexibility index (Phi) is 5.82. The van der Waals surface area contributed by atoms with E-state index in [1.165, 1.54) is 0 Å². The molecule has 15 heavy (non-hydrogen) atoms. The van der Waals surface area contributed by atoms with Crippen LogP contribution in [0.15, 0.2) is 12.2 Å². The lowest BCUT2D eigenvalue weighted by Crippen LogP contribution is -2.30. The van der Waals surface area contributed by atoms with Gasteiger partial charge in [-0.05, 0) is 6.42 Å². The molecule has 0 aromatic carbocycles. The normalized spacial score (nSPS) is 14.1. The van der Waals surface area contributed by atoms with Crippen LogP contribution in [0.5, 0.6) is 0 Å². The summed E-state index contributed by atoms with van der Waals surface area (Å²) in [5.74, 6) is -0.323. The molecule has 0 bridgehead atoms. The summed E-state index contributed by atoms with van der Waals surface area (Å²) in [7, 11) is 0. The van der Waals surface area contributed by atoms with E-state index in [4.69, 9.17) is 0 Å². The number of rotatable bonds is 7. The summed E-state index contributed by atoms with van der Waals surface area (Å²) in [5, 5.41) is 10.5. The number of allylic oxidation sites excluding steroid dienone is 1. The van der Waals surface area contributed by atoms with E-state index in [0.29, 0.717) is 0 Å². The largest absolute Gasteiger partial charge is 0.303 e. The van der Waals surface area contributed by atoms with Crippen molar-refractivity contribution < 1.29 is 9.72 Å². The van der Waals surface area contributed by atoms with Crippen molar-refractivity contribution in [1.82, 2.24) is 0 Å². The van der Waals surface area contributed by atoms with E-state index in [0.717, 1.165) is 19.1 Å². The lowest BCUT2D eigenvalue weighted by molar-refractivity contribution is -0.488. The minimum Gasteiger partial charge on any atom is -0.303 e. The smallest absolute Gasteiger partial charge is 0.211 e. The van der Waals surface area contributed by atoms with E-state index in [9.17, 15) is 14.9 Å². The van der Waals surface area contributed by atoms with Gasteiger partial charge in [0.25, 0.3) is 0 Å². The van der Waals surface area contributed by atoms with Gasteiger partial charge in [0.15, 0.2) is 0 Å². The van der Waals surface area contributed by atoms with Crippen molar-refractivity contribution in [2.75, 3.05) is 6.54 Å². The fourth-order valence-electron chi connectivity index (χ4n) is 1.22. The zero-order valence-corrected chi connectivity index (χ0v) is 9.60. The second-order valence-corrected chi connectivity index (χ2v) is 4.28. The van der Waals surface area contributed by atoms with Crippen molar-refractivity contribution in [2.45, 2.75) is 33.6 Å². The maximum absolute atomic E-state index is 10.8. The predicted octanol–water partition coefficient (Wildman–Crippen LogP) is 2.46. The highest BCUT2D eigenvalue weighted by Gasteiger charge is 2.30. The van der Waals surface area contributed by atoms with Crippen molar-refractivity contribution in [3.05, 3.63) is 22.3 Å². The SMILES string of the molecule is CCC/C=C/C(C[N+](=O)[O-])C(C)(C)C=O. The predicted molar refractivity (Wildman–Crippen MR) is 59.2 cm³/mol. The zero-order chi connectivity index (χ0) is 11.9. The summed E-state index contributed by atoms with van der Waals surface area (Å²) in [6.07, 6.45) is 6.39. The van der Waals surface area contributed by atoms with Gasteiger partial charge in [0.2, 0.25) is 6.54 Å². The molecule has 1 atom stereocenters. The Hall–Kier alpha value is -1.19. The van der Waals surface area contributed by atoms with Gasteiger partial charge in [-0.15, -0.1) is 0 Å². The first kappa shape index (κ1) is 13.8. The van der Waals surface area contributed by atoms with Crippen LogP contribution in [-0.4, -0.2) is 17.8 Å². The molecule has 0 heterocycles. The fraction of sp³-hybridized carbons (Fsp3) is 0.727. The summed E-state index contributed by atoms with van der Waals surface area (Å²) in [6, 6.07) is 0. The molecular formula is C11H19NO3. The highest BCUT2D eigenvalue weighted by molar-refractivity contribution is 5.59. The molecular weight excluding hydrogens is 194 g/mol. The van der Waals surface area contributed by atoms with E-state index >= 15 is 0 Å². The molecule has 0 aliphatic rings. The lowest BCUT2D eigenvalue weighted by Gasteiger charge is -2.22. The molecule has 0 spiro atoms. The van der Waals surface area contributed by atoms with Crippen LogP contribution < -0.4 is 0 Å². The number of carbonyl (C=O) groups is 1. The first-order valence-corrected chi connectivity index (χ1v) is 5.18. The molecule has 0 rings (SSSR count). The van der Waals surface area contributed by atoms with E-state index in [2.05, 4.69) is 0 Å². The molecule has 0 N–H and O–H groups in total. The fourth-order valence-corrected chi connectivity index (χ4v) is 1.22. The quantitative estimate of drug-likeness (QED) is 0.282. The van der Waals surface area contributed by atoms with Crippen LogP contribution in [-0.2, 0) is 4.79 Å². The van der Waals surface area contributed by atoms with Crippen LogP contribution in [0.2, 0.25) is 0 Å². The summed E-state index contributed by atoms with van der Waals surface area (Å²) < 4.78 is 0. The van der Waals surface area contributed by atoms with Gasteiger partial charge in [0.1, 0.15) is 6.29 Å². The second-order valence-electron chi connectivity index (χ2n) is 4.28. The van der Waals surface area contributed by atoms with Gasteiger partial charge in [-0.3, -0.25) is 10.1 Å². The zero-order valence-electron chi connectivity index (χ0n) is 9.60. The van der Waals surface area contributed by atoms with Crippen LogP contribution in [0.4, 0.5) is 0 Å². The van der Waals surface area contributed by atoms with Gasteiger partial charge in [-0.25, -0.2) is 0 Å². The second kappa shape index (κ2) is 6.32. The molecule has 4 heteroatoms. The monoisotopic (exact) mass is 213 g/mol. The van der Waals surface area contributed by atoms with Crippen LogP contribution >= 0.6 is 0 Å². The third-order valence-corrected chi connectivity index (χ3v) is 2.43. The minimum atomic E-state index is -0.669. The van der Waals surface area contributed by atoms with E-state index < -0.39 is 5.41 Å². The highest BCUT2D eigenvalue weighted by Crippen LogP contribution is 2.25. The van der Waals surface area contributed by atoms with Gasteiger partial charge >= 0.3 is 0 Å². The number of nitrogens with zero attached hydrogens (tertiary/aromatic N) is 1. The Bertz CT molecular complexity index is 246. The number of carbonyl (C=O) groups excluding carboxylic acids is 1. The molecule has 1 unspecified atom stereocenters. The van der Waals surface area contributed by atoms with Gasteiger partial charge in [-0.1, -0.05) is 39.3 Å². The van der Waals surface area contributed by atoms with Crippen LogP contribution in [0, 0.1) is 21.4 Å². The molecule has 0 amide bonds. The summed E-state index contributed by atoms with van der Waals surface area (Å²) >= 11 is 0. The number of nitro groups is 1. The van der Waals surface area contributed by atoms with Crippen LogP contribution in [0.25, 0.3) is 0 Å². The molecule has 0 radical (unpaired) electrons. The van der Waals surface area contributed by atoms with Gasteiger partial charge in [0, 0.05) is 10.3 Å². The summed E-state index contributed by atoms with van der Waals surface area (Å²) in [4.78, 5) is 20.9. The third-order valence-electron chi connectivity index (χ3n) is 2.43. The van der Waals surface area contributed by atoms with E-state index in [1.807, 2.05) is 13.0 Å². The van der Waals surface area contributed by atoms with Crippen LogP contribution in [0.1, 0.15) is 33.6 Å². The summed E-state index contributed by atoms with van der Waals surface area (Å²) in [5.41, 5.74) is -0.669. The van der Waals surface area contributed by atoms with Gasteiger partial charge in [0.05, 0.1) is 5.92 Å². The van der Waals surface area contributed by atoms with Crippen molar-refractivity contribution in [3.63, 3.8) is 0 Å². The Balaban J connectivity index is 4.57. The molecule has 86 valence electrons. The topological polar surface area (TPSA) is 60.2 Å². The number of unbranched alkanes of at least 4 members (excludes halogenated alkanes) is 1. The van der Waals surface area contributed by atoms with Crippen molar-refractivity contribution in [3.8, 4) is 0 Å². The van der Waals surface area contributed by atoms with Crippen LogP contribution in [0.3, 0.4) is 0 Å². The number of aldehydes is 1. The lowest BCUT2D eigenvalue weighted by atomic mass is 9.80. The van der Waals surface area contributed by atoms with Crippen molar-refractivity contribution in [1.29, 1.82) is 0 Å². The Labute approximate surface area is 90.5 Å². The maximum Gasteiger partial charge on any atom is 0.211 e. The third kappa shape index (κ3) is 5.30. The van der Waals surface area contributed by atoms with E-state index in [-0.39, 0.29) is 17.4 Å². The number of hydrogen-bond donors (Lipinski definition) is 0. The van der Waals surface area contributed by atoms with Gasteiger partial charge < -0.3 is 4.79 Å². The number of hydrogen-bond acceptors (Lipinski definition) is 3. The first-order chi connectivity index (χ1) is 6.94. The molecule has 0 aromatic heterocycles. The average Bonchev–Trinajstić information content (AvgIpc) is 2.16. The molecule has 0 aliphatic carbocycles. The highest BCUT2D eigenvalue weighted by atomic mass is 16.6. The molecule has 4 nitrogen and oxygen atoms in total.